The van der Waals surface area contributed by atoms with Gasteiger partial charge in [0.25, 0.3) is 0 Å². The third-order valence-corrected chi connectivity index (χ3v) is 2.63. The van der Waals surface area contributed by atoms with Crippen LogP contribution in [0.25, 0.3) is 0 Å². The third-order valence-electron chi connectivity index (χ3n) is 2.63. The van der Waals surface area contributed by atoms with Crippen LogP contribution < -0.4 is 10.6 Å². The van der Waals surface area contributed by atoms with E-state index in [0.717, 1.165) is 24.2 Å². The number of hydrogen-bond donors (Lipinski definition) is 2. The van der Waals surface area contributed by atoms with Gasteiger partial charge in [0.2, 0.25) is 5.91 Å². The van der Waals surface area contributed by atoms with Gasteiger partial charge in [0.05, 0.1) is 13.2 Å². The van der Waals surface area contributed by atoms with Gasteiger partial charge >= 0.3 is 0 Å². The molecule has 1 aromatic carbocycles. The molecule has 4 nitrogen and oxygen atoms in total. The van der Waals surface area contributed by atoms with Gasteiger partial charge in [-0.1, -0.05) is 12.1 Å². The van der Waals surface area contributed by atoms with Gasteiger partial charge in [0.1, 0.15) is 0 Å². The van der Waals surface area contributed by atoms with E-state index >= 15 is 0 Å². The minimum atomic E-state index is 0.0876. The molecule has 0 atom stereocenters. The summed E-state index contributed by atoms with van der Waals surface area (Å²) in [6, 6.07) is 6.13. The molecule has 1 heterocycles. The third kappa shape index (κ3) is 2.59. The summed E-state index contributed by atoms with van der Waals surface area (Å²) in [4.78, 5) is 11.2. The quantitative estimate of drug-likeness (QED) is 0.573. The van der Waals surface area contributed by atoms with Crippen LogP contribution in [-0.4, -0.2) is 26.3 Å². The number of carbonyl (C=O) groups is 1. The van der Waals surface area contributed by atoms with E-state index in [2.05, 4.69) is 22.8 Å². The van der Waals surface area contributed by atoms with Crippen molar-refractivity contribution in [3.63, 3.8) is 0 Å². The van der Waals surface area contributed by atoms with E-state index in [0.29, 0.717) is 13.2 Å². The average molecular weight is 220 g/mol. The van der Waals surface area contributed by atoms with Crippen molar-refractivity contribution in [2.75, 3.05) is 25.7 Å². The highest BCUT2D eigenvalue weighted by Crippen LogP contribution is 2.23. The summed E-state index contributed by atoms with van der Waals surface area (Å²) < 4.78 is 4.90. The van der Waals surface area contributed by atoms with Crippen molar-refractivity contribution >= 4 is 11.6 Å². The van der Waals surface area contributed by atoms with Gasteiger partial charge in [0.15, 0.2) is 0 Å². The number of nitrogens with one attached hydrogen (secondary N) is 2. The zero-order valence-corrected chi connectivity index (χ0v) is 9.38. The molecule has 2 rings (SSSR count). The van der Waals surface area contributed by atoms with Crippen LogP contribution in [0.1, 0.15) is 11.1 Å². The van der Waals surface area contributed by atoms with Gasteiger partial charge < -0.3 is 10.1 Å². The summed E-state index contributed by atoms with van der Waals surface area (Å²) >= 11 is 0. The van der Waals surface area contributed by atoms with Gasteiger partial charge in [-0.2, -0.15) is 0 Å². The van der Waals surface area contributed by atoms with E-state index in [1.807, 2.05) is 6.07 Å². The molecule has 0 saturated heterocycles. The first-order valence-electron chi connectivity index (χ1n) is 5.41. The highest BCUT2D eigenvalue weighted by atomic mass is 16.5. The number of benzene rings is 1. The Morgan fingerprint density at radius 2 is 2.38 bits per heavy atom. The fourth-order valence-corrected chi connectivity index (χ4v) is 1.85. The zero-order valence-electron chi connectivity index (χ0n) is 9.38. The number of anilines is 1. The van der Waals surface area contributed by atoms with Crippen LogP contribution in [0.5, 0.6) is 0 Å². The Kier molecular flexibility index (Phi) is 3.54. The summed E-state index contributed by atoms with van der Waals surface area (Å²) in [6.45, 7) is 1.46. The molecular weight excluding hydrogens is 204 g/mol. The Bertz CT molecular complexity index is 391. The molecule has 1 aliphatic heterocycles. The van der Waals surface area contributed by atoms with Gasteiger partial charge in [-0.25, -0.2) is 0 Å². The summed E-state index contributed by atoms with van der Waals surface area (Å²) in [6.07, 6.45) is 1.46. The smallest absolute Gasteiger partial charge is 0.228 e. The van der Waals surface area contributed by atoms with Crippen molar-refractivity contribution in [1.29, 1.82) is 0 Å². The molecule has 1 aliphatic rings. The van der Waals surface area contributed by atoms with Crippen LogP contribution in [0.15, 0.2) is 18.2 Å². The average Bonchev–Trinajstić information content (AvgIpc) is 2.64. The van der Waals surface area contributed by atoms with Gasteiger partial charge in [0, 0.05) is 19.3 Å². The molecule has 4 heteroatoms. The lowest BCUT2D eigenvalue weighted by molar-refractivity contribution is -0.115. The fourth-order valence-electron chi connectivity index (χ4n) is 1.85. The lowest BCUT2D eigenvalue weighted by Gasteiger charge is -2.05. The van der Waals surface area contributed by atoms with Crippen LogP contribution in [0.3, 0.4) is 0 Å². The number of methoxy groups -OCH3 is 1. The summed E-state index contributed by atoms with van der Waals surface area (Å²) in [5.74, 6) is 0.0876. The maximum Gasteiger partial charge on any atom is 0.228 e. The second-order valence-electron chi connectivity index (χ2n) is 3.90. The number of ether oxygens (including phenoxy) is 1. The van der Waals surface area contributed by atoms with Crippen molar-refractivity contribution in [2.45, 2.75) is 12.8 Å². The zero-order chi connectivity index (χ0) is 11.4. The van der Waals surface area contributed by atoms with Crippen molar-refractivity contribution in [3.8, 4) is 0 Å². The lowest BCUT2D eigenvalue weighted by atomic mass is 10.1. The SMILES string of the molecule is COCNCCc1ccc2c(c1)CC(=O)N2. The number of carbonyl (C=O) groups excluding carboxylic acids is 1. The predicted molar refractivity (Wildman–Crippen MR) is 62.4 cm³/mol. The highest BCUT2D eigenvalue weighted by Gasteiger charge is 2.16. The number of hydrogen-bond acceptors (Lipinski definition) is 3. The van der Waals surface area contributed by atoms with E-state index in [9.17, 15) is 4.79 Å². The Hall–Kier alpha value is -1.39. The van der Waals surface area contributed by atoms with Crippen LogP contribution in [0.2, 0.25) is 0 Å². The second-order valence-corrected chi connectivity index (χ2v) is 3.90. The normalized spacial score (nSPS) is 13.7. The first-order chi connectivity index (χ1) is 7.79. The summed E-state index contributed by atoms with van der Waals surface area (Å²) in [5.41, 5.74) is 3.31. The molecule has 86 valence electrons. The molecule has 0 fully saturated rings. The van der Waals surface area contributed by atoms with Crippen molar-refractivity contribution < 1.29 is 9.53 Å². The monoisotopic (exact) mass is 220 g/mol. The van der Waals surface area contributed by atoms with E-state index in [4.69, 9.17) is 4.74 Å². The Morgan fingerprint density at radius 3 is 3.19 bits per heavy atom. The Labute approximate surface area is 95.0 Å². The first kappa shape index (κ1) is 11.1. The summed E-state index contributed by atoms with van der Waals surface area (Å²) in [5, 5.41) is 5.98. The molecule has 0 radical (unpaired) electrons. The van der Waals surface area contributed by atoms with E-state index in [-0.39, 0.29) is 5.91 Å². The Balaban J connectivity index is 1.92. The fraction of sp³-hybridized carbons (Fsp3) is 0.417. The van der Waals surface area contributed by atoms with Crippen molar-refractivity contribution in [3.05, 3.63) is 29.3 Å². The number of fused-ring (bicyclic) bond motifs is 1. The maximum atomic E-state index is 11.2. The van der Waals surface area contributed by atoms with Crippen LogP contribution in [-0.2, 0) is 22.4 Å². The van der Waals surface area contributed by atoms with E-state index in [1.54, 1.807) is 7.11 Å². The topological polar surface area (TPSA) is 50.4 Å². The predicted octanol–water partition coefficient (Wildman–Crippen LogP) is 0.917. The molecule has 1 amide bonds. The Morgan fingerprint density at radius 1 is 1.50 bits per heavy atom. The van der Waals surface area contributed by atoms with Gasteiger partial charge in [-0.3, -0.25) is 10.1 Å². The molecule has 1 aromatic rings. The minimum Gasteiger partial charge on any atom is -0.370 e. The van der Waals surface area contributed by atoms with Crippen LogP contribution >= 0.6 is 0 Å². The highest BCUT2D eigenvalue weighted by molar-refractivity contribution is 5.99. The molecular formula is C12H16N2O2. The van der Waals surface area contributed by atoms with E-state index < -0.39 is 0 Å². The molecule has 0 aliphatic carbocycles. The summed E-state index contributed by atoms with van der Waals surface area (Å²) in [7, 11) is 1.67. The largest absolute Gasteiger partial charge is 0.370 e. The molecule has 0 bridgehead atoms. The molecule has 0 unspecified atom stereocenters. The van der Waals surface area contributed by atoms with Crippen LogP contribution in [0, 0.1) is 0 Å². The molecule has 0 aromatic heterocycles. The molecule has 16 heavy (non-hydrogen) atoms. The second kappa shape index (κ2) is 5.09. The minimum absolute atomic E-state index is 0.0876. The molecule has 0 saturated carbocycles. The van der Waals surface area contributed by atoms with Crippen molar-refractivity contribution in [2.24, 2.45) is 0 Å². The van der Waals surface area contributed by atoms with Gasteiger partial charge in [-0.15, -0.1) is 0 Å². The maximum absolute atomic E-state index is 11.2. The molecule has 0 spiro atoms. The van der Waals surface area contributed by atoms with Crippen LogP contribution in [0.4, 0.5) is 5.69 Å². The standard InChI is InChI=1S/C12H16N2O2/c1-16-8-13-5-4-9-2-3-11-10(6-9)7-12(15)14-11/h2-3,6,13H,4-5,7-8H2,1H3,(H,14,15). The van der Waals surface area contributed by atoms with Gasteiger partial charge in [-0.05, 0) is 23.6 Å². The lowest BCUT2D eigenvalue weighted by Crippen LogP contribution is -2.19. The number of amides is 1. The number of rotatable bonds is 5. The molecule has 2 N–H and O–H groups in total. The van der Waals surface area contributed by atoms with E-state index in [1.165, 1.54) is 5.56 Å². The van der Waals surface area contributed by atoms with Crippen molar-refractivity contribution in [1.82, 2.24) is 5.32 Å². The first-order valence-corrected chi connectivity index (χ1v) is 5.41.